The van der Waals surface area contributed by atoms with Crippen LogP contribution in [0.15, 0.2) is 21.8 Å². The fourth-order valence-electron chi connectivity index (χ4n) is 4.74. The number of carboxylic acids is 1. The van der Waals surface area contributed by atoms with Crippen molar-refractivity contribution in [3.8, 4) is 0 Å². The molecule has 0 saturated carbocycles. The number of quaternary nitrogens is 1. The summed E-state index contributed by atoms with van der Waals surface area (Å²) in [6, 6.07) is -0.932. The number of β-lactam (4-membered cyclic amide) rings is 1. The molecule has 33 heavy (non-hydrogen) atoms. The Bertz CT molecular complexity index is 1060. The molecule has 3 aliphatic heterocycles. The van der Waals surface area contributed by atoms with Gasteiger partial charge in [0, 0.05) is 29.5 Å². The van der Waals surface area contributed by atoms with Gasteiger partial charge in [0.05, 0.1) is 20.2 Å². The van der Waals surface area contributed by atoms with Crippen LogP contribution in [-0.4, -0.2) is 103 Å². The van der Waals surface area contributed by atoms with Gasteiger partial charge in [0.15, 0.2) is 10.8 Å². The molecule has 2 saturated heterocycles. The highest BCUT2D eigenvalue weighted by molar-refractivity contribution is 8.00. The molecule has 178 valence electrons. The Morgan fingerprint density at radius 3 is 2.82 bits per heavy atom. The molecule has 2 amide bonds. The maximum absolute atomic E-state index is 12.9. The summed E-state index contributed by atoms with van der Waals surface area (Å²) >= 11 is 2.43. The number of oxime groups is 1. The fourth-order valence-corrected chi connectivity index (χ4v) is 6.62. The van der Waals surface area contributed by atoms with E-state index in [0.29, 0.717) is 22.4 Å². The quantitative estimate of drug-likeness (QED) is 0.106. The van der Waals surface area contributed by atoms with Gasteiger partial charge in [-0.25, -0.2) is 9.78 Å². The van der Waals surface area contributed by atoms with E-state index >= 15 is 0 Å². The Kier molecular flexibility index (Phi) is 6.35. The molecule has 6 N–H and O–H groups in total. The Morgan fingerprint density at radius 1 is 1.45 bits per heavy atom. The van der Waals surface area contributed by atoms with Gasteiger partial charge in [-0.3, -0.25) is 14.5 Å². The Morgan fingerprint density at radius 2 is 2.21 bits per heavy atom. The molecular formula is C19H25N6O6S2+. The minimum absolute atomic E-state index is 0.0259. The number of rotatable bonds is 7. The van der Waals surface area contributed by atoms with Crippen molar-refractivity contribution in [1.82, 2.24) is 15.2 Å². The van der Waals surface area contributed by atoms with E-state index < -0.39 is 29.2 Å². The van der Waals surface area contributed by atoms with Gasteiger partial charge >= 0.3 is 5.97 Å². The van der Waals surface area contributed by atoms with Gasteiger partial charge in [-0.2, -0.15) is 0 Å². The summed E-state index contributed by atoms with van der Waals surface area (Å²) in [5, 5.41) is 35.4. The largest absolute Gasteiger partial charge is 0.477 e. The molecule has 4 atom stereocenters. The van der Waals surface area contributed by atoms with Crippen LogP contribution in [0.3, 0.4) is 0 Å². The number of nitrogens with zero attached hydrogens (tertiary/aromatic N) is 4. The van der Waals surface area contributed by atoms with Crippen molar-refractivity contribution in [2.24, 2.45) is 5.16 Å². The average Bonchev–Trinajstić information content (AvgIpc) is 3.37. The third-order valence-corrected chi connectivity index (χ3v) is 8.48. The summed E-state index contributed by atoms with van der Waals surface area (Å²) in [5.74, 6) is -2.17. The molecule has 14 heteroatoms. The number of nitrogens with two attached hydrogens (primary N) is 1. The molecule has 4 heterocycles. The Labute approximate surface area is 197 Å². The number of likely N-dealkylation sites (N-methyl/N-ethyl adjacent to an activating group) is 1. The number of aromatic nitrogens is 1. The number of hydrogen-bond donors (Lipinski definition) is 5. The molecule has 0 aromatic carbocycles. The number of aliphatic hydroxyl groups excluding tert-OH is 1. The van der Waals surface area contributed by atoms with Crippen molar-refractivity contribution in [3.05, 3.63) is 22.3 Å². The number of nitrogen functional groups attached to an aromatic ring is 1. The lowest BCUT2D eigenvalue weighted by atomic mass is 10.0. The third kappa shape index (κ3) is 4.07. The predicted molar refractivity (Wildman–Crippen MR) is 121 cm³/mol. The van der Waals surface area contributed by atoms with Crippen LogP contribution in [-0.2, 0) is 14.4 Å². The number of amides is 2. The van der Waals surface area contributed by atoms with Crippen molar-refractivity contribution in [2.45, 2.75) is 30.3 Å². The van der Waals surface area contributed by atoms with Crippen LogP contribution in [0.25, 0.3) is 0 Å². The van der Waals surface area contributed by atoms with E-state index in [1.165, 1.54) is 22.0 Å². The number of nitrogens with one attached hydrogen (secondary N) is 1. The van der Waals surface area contributed by atoms with E-state index in [0.717, 1.165) is 30.7 Å². The lowest BCUT2D eigenvalue weighted by Crippen LogP contribution is -2.71. The van der Waals surface area contributed by atoms with Crippen molar-refractivity contribution in [2.75, 3.05) is 38.2 Å². The van der Waals surface area contributed by atoms with Crippen LogP contribution in [0.4, 0.5) is 5.13 Å². The third-order valence-electron chi connectivity index (χ3n) is 6.47. The molecule has 0 aliphatic carbocycles. The van der Waals surface area contributed by atoms with Crippen LogP contribution in [0.1, 0.15) is 18.5 Å². The van der Waals surface area contributed by atoms with E-state index in [1.54, 1.807) is 0 Å². The van der Waals surface area contributed by atoms with Crippen LogP contribution in [0.2, 0.25) is 0 Å². The summed E-state index contributed by atoms with van der Waals surface area (Å²) in [6.45, 7) is 1.28. The molecule has 4 rings (SSSR count). The van der Waals surface area contributed by atoms with Crippen molar-refractivity contribution < 1.29 is 34.3 Å². The second kappa shape index (κ2) is 8.93. The van der Waals surface area contributed by atoms with Gasteiger partial charge in [-0.1, -0.05) is 5.16 Å². The number of aliphatic hydroxyl groups is 1. The second-order valence-electron chi connectivity index (χ2n) is 8.48. The monoisotopic (exact) mass is 497 g/mol. The highest BCUT2D eigenvalue weighted by atomic mass is 32.2. The first-order chi connectivity index (χ1) is 15.7. The van der Waals surface area contributed by atoms with E-state index in [4.69, 9.17) is 5.73 Å². The molecular weight excluding hydrogens is 472 g/mol. The van der Waals surface area contributed by atoms with E-state index in [-0.39, 0.29) is 34.9 Å². The number of carbonyl (C=O) groups excluding carboxylic acids is 2. The molecule has 0 spiro atoms. The van der Waals surface area contributed by atoms with Gasteiger partial charge < -0.3 is 31.0 Å². The zero-order chi connectivity index (χ0) is 23.9. The first-order valence-electron chi connectivity index (χ1n) is 10.3. The second-order valence-corrected chi connectivity index (χ2v) is 10.5. The zero-order valence-corrected chi connectivity index (χ0v) is 19.4. The summed E-state index contributed by atoms with van der Waals surface area (Å²) in [4.78, 5) is 42.8. The normalized spacial score (nSPS) is 29.6. The molecule has 12 nitrogen and oxygen atoms in total. The molecule has 1 aromatic rings. The highest BCUT2D eigenvalue weighted by Gasteiger charge is 2.55. The molecule has 3 aliphatic rings. The van der Waals surface area contributed by atoms with E-state index in [2.05, 4.69) is 15.5 Å². The van der Waals surface area contributed by atoms with Gasteiger partial charge in [0.25, 0.3) is 11.8 Å². The number of carboxylic acid groups (broad SMARTS) is 1. The average molecular weight is 498 g/mol. The summed E-state index contributed by atoms with van der Waals surface area (Å²) in [7, 11) is 2.00. The van der Waals surface area contributed by atoms with Crippen LogP contribution in [0.5, 0.6) is 0 Å². The number of anilines is 1. The van der Waals surface area contributed by atoms with Crippen molar-refractivity contribution >= 4 is 51.7 Å². The smallest absolute Gasteiger partial charge is 0.352 e. The van der Waals surface area contributed by atoms with E-state index in [1.807, 2.05) is 7.05 Å². The first-order valence-corrected chi connectivity index (χ1v) is 12.2. The molecule has 3 unspecified atom stereocenters. The maximum Gasteiger partial charge on any atom is 0.352 e. The number of thioether (sulfide) groups is 1. The molecule has 0 radical (unpaired) electrons. The van der Waals surface area contributed by atoms with Crippen molar-refractivity contribution in [1.29, 1.82) is 0 Å². The topological polar surface area (TPSA) is 178 Å². The maximum atomic E-state index is 12.9. The number of likely N-dealkylation sites (tertiary alicyclic amines) is 1. The van der Waals surface area contributed by atoms with Gasteiger partial charge in [0.1, 0.15) is 35.4 Å². The lowest BCUT2D eigenvalue weighted by molar-refractivity contribution is -0.917. The fraction of sp³-hybridized carbons (Fsp3) is 0.526. The first kappa shape index (κ1) is 23.5. The number of thiazole rings is 1. The van der Waals surface area contributed by atoms with Gasteiger partial charge in [-0.15, -0.1) is 23.1 Å². The summed E-state index contributed by atoms with van der Waals surface area (Å²) in [6.07, 6.45) is 1.82. The van der Waals surface area contributed by atoms with Gasteiger partial charge in [-0.05, 0) is 0 Å². The summed E-state index contributed by atoms with van der Waals surface area (Å²) < 4.78 is 0.531. The lowest BCUT2D eigenvalue weighted by Gasteiger charge is -2.50. The van der Waals surface area contributed by atoms with Crippen LogP contribution < -0.4 is 11.1 Å². The zero-order valence-electron chi connectivity index (χ0n) is 17.8. The predicted octanol–water partition coefficient (Wildman–Crippen LogP) is -0.756. The SMILES string of the molecule is C[N+]1(CC2=C(C(=O)O)N3C(=O)C(NC(=O)C(=NO)c4csc(N)n4)[C@@H]3SC2)CCCC1CO. The standard InChI is InChI=1S/C19H24N6O6S2/c1-25(4-2-3-10(25)6-26)5-9-7-32-17-13(16(28)24(17)14(9)18(29)30)22-15(27)12(23-31)11-8-33-19(20)21-11/h8,10,13,17,26H,2-7H2,1H3,(H4-,20,21,22,27,29,30,31)/p+1/t10?,13?,17-,25?/m0/s1. The summed E-state index contributed by atoms with van der Waals surface area (Å²) in [5.41, 5.74) is 5.84. The Hall–Kier alpha value is -2.68. The highest BCUT2D eigenvalue weighted by Crippen LogP contribution is 2.41. The van der Waals surface area contributed by atoms with E-state index in [9.17, 15) is 29.8 Å². The van der Waals surface area contributed by atoms with Crippen molar-refractivity contribution in [3.63, 3.8) is 0 Å². The number of aliphatic carboxylic acids is 1. The van der Waals surface area contributed by atoms with Crippen LogP contribution >= 0.6 is 23.1 Å². The van der Waals surface area contributed by atoms with Gasteiger partial charge in [0.2, 0.25) is 0 Å². The number of fused-ring (bicyclic) bond motifs is 1. The number of hydrogen-bond acceptors (Lipinski definition) is 10. The number of carbonyl (C=O) groups is 3. The Balaban J connectivity index is 1.52. The molecule has 0 bridgehead atoms. The minimum atomic E-state index is -1.20. The molecule has 1 aromatic heterocycles. The van der Waals surface area contributed by atoms with Crippen LogP contribution in [0, 0.1) is 0 Å². The minimum Gasteiger partial charge on any atom is -0.477 e. The molecule has 2 fully saturated rings.